The second kappa shape index (κ2) is 6.12. The van der Waals surface area contributed by atoms with E-state index >= 15 is 0 Å². The zero-order valence-electron chi connectivity index (χ0n) is 10.3. The minimum absolute atomic E-state index is 0.0637. The number of carbonyl (C=O) groups excluding carboxylic acids is 2. The van der Waals surface area contributed by atoms with E-state index in [-0.39, 0.29) is 11.8 Å². The van der Waals surface area contributed by atoms with Gasteiger partial charge in [0.25, 0.3) is 0 Å². The number of amides is 2. The van der Waals surface area contributed by atoms with Crippen molar-refractivity contribution in [2.75, 3.05) is 11.1 Å². The Balaban J connectivity index is 2.03. The van der Waals surface area contributed by atoms with E-state index < -0.39 is 6.04 Å². The van der Waals surface area contributed by atoms with Crippen molar-refractivity contribution in [3.05, 3.63) is 40.9 Å². The number of carbonyl (C=O) groups is 2. The molecule has 0 aromatic heterocycles. The van der Waals surface area contributed by atoms with E-state index in [1.54, 1.807) is 37.4 Å². The van der Waals surface area contributed by atoms with Crippen LogP contribution in [0, 0.1) is 0 Å². The highest BCUT2D eigenvalue weighted by Crippen LogP contribution is 2.17. The first-order chi connectivity index (χ1) is 9.08. The predicted octanol–water partition coefficient (Wildman–Crippen LogP) is 2.71. The zero-order chi connectivity index (χ0) is 13.8. The molecule has 1 N–H and O–H groups in total. The lowest BCUT2D eigenvalue weighted by atomic mass is 10.2. The van der Waals surface area contributed by atoms with E-state index in [2.05, 4.69) is 5.32 Å². The fraction of sp³-hybridized carbons (Fsp3) is 0.231. The molecule has 100 valence electrons. The number of hydrogen-bond donors (Lipinski definition) is 1. The van der Waals surface area contributed by atoms with E-state index in [9.17, 15) is 9.59 Å². The second-order valence-electron chi connectivity index (χ2n) is 4.07. The summed E-state index contributed by atoms with van der Waals surface area (Å²) >= 11 is 7.20. The molecule has 0 saturated carbocycles. The van der Waals surface area contributed by atoms with Gasteiger partial charge < -0.3 is 10.2 Å². The van der Waals surface area contributed by atoms with Gasteiger partial charge in [0.15, 0.2) is 0 Å². The molecule has 2 rings (SSSR count). The number of nitrogens with one attached hydrogen (secondary N) is 1. The van der Waals surface area contributed by atoms with Crippen molar-refractivity contribution < 1.29 is 9.59 Å². The van der Waals surface area contributed by atoms with Gasteiger partial charge in [-0.1, -0.05) is 11.6 Å². The minimum Gasteiger partial charge on any atom is -0.324 e. The molecule has 0 radical (unpaired) electrons. The van der Waals surface area contributed by atoms with Crippen LogP contribution < -0.4 is 5.32 Å². The molecule has 4 nitrogen and oxygen atoms in total. The molecule has 1 aromatic carbocycles. The van der Waals surface area contributed by atoms with Crippen LogP contribution >= 0.6 is 23.4 Å². The molecule has 19 heavy (non-hydrogen) atoms. The average Bonchev–Trinajstić information content (AvgIpc) is 2.41. The highest BCUT2D eigenvalue weighted by molar-refractivity contribution is 8.02. The van der Waals surface area contributed by atoms with Crippen molar-refractivity contribution in [3.63, 3.8) is 0 Å². The molecule has 1 heterocycles. The van der Waals surface area contributed by atoms with Crippen molar-refractivity contribution in [2.45, 2.75) is 13.0 Å². The molecule has 2 amide bonds. The summed E-state index contributed by atoms with van der Waals surface area (Å²) in [5, 5.41) is 5.18. The van der Waals surface area contributed by atoms with Crippen LogP contribution in [-0.2, 0) is 9.59 Å². The Bertz CT molecular complexity index is 516. The summed E-state index contributed by atoms with van der Waals surface area (Å²) in [7, 11) is 0. The van der Waals surface area contributed by atoms with Gasteiger partial charge in [-0.25, -0.2) is 0 Å². The van der Waals surface area contributed by atoms with Crippen LogP contribution in [0.4, 0.5) is 5.69 Å². The van der Waals surface area contributed by atoms with Gasteiger partial charge in [0, 0.05) is 16.9 Å². The number of nitrogens with zero attached hydrogens (tertiary/aromatic N) is 1. The molecule has 1 atom stereocenters. The molecule has 0 bridgehead atoms. The molecule has 0 saturated heterocycles. The number of halogens is 1. The molecule has 0 spiro atoms. The van der Waals surface area contributed by atoms with Crippen LogP contribution in [-0.4, -0.2) is 28.5 Å². The van der Waals surface area contributed by atoms with E-state index in [0.29, 0.717) is 16.5 Å². The summed E-state index contributed by atoms with van der Waals surface area (Å²) in [4.78, 5) is 25.2. The Morgan fingerprint density at radius 1 is 1.42 bits per heavy atom. The highest BCUT2D eigenvalue weighted by Gasteiger charge is 2.25. The first kappa shape index (κ1) is 14.0. The third-order valence-electron chi connectivity index (χ3n) is 2.72. The summed E-state index contributed by atoms with van der Waals surface area (Å²) in [5.41, 5.74) is 0.657. The van der Waals surface area contributed by atoms with Crippen LogP contribution in [0.5, 0.6) is 0 Å². The van der Waals surface area contributed by atoms with Crippen molar-refractivity contribution in [2.24, 2.45) is 0 Å². The van der Waals surface area contributed by atoms with Crippen LogP contribution in [0.15, 0.2) is 35.9 Å². The first-order valence-corrected chi connectivity index (χ1v) is 7.16. The fourth-order valence-corrected chi connectivity index (χ4v) is 2.37. The normalized spacial score (nSPS) is 16.3. The van der Waals surface area contributed by atoms with Gasteiger partial charge in [0.05, 0.1) is 5.75 Å². The van der Waals surface area contributed by atoms with Gasteiger partial charge in [0.2, 0.25) is 11.8 Å². The topological polar surface area (TPSA) is 49.4 Å². The molecule has 6 heteroatoms. The molecule has 1 aromatic rings. The van der Waals surface area contributed by atoms with Gasteiger partial charge in [-0.05, 0) is 36.6 Å². The van der Waals surface area contributed by atoms with Crippen LogP contribution in [0.1, 0.15) is 6.92 Å². The Morgan fingerprint density at radius 2 is 2.11 bits per heavy atom. The molecule has 0 aliphatic carbocycles. The third-order valence-corrected chi connectivity index (χ3v) is 3.70. The Kier molecular flexibility index (Phi) is 4.50. The number of benzene rings is 1. The van der Waals surface area contributed by atoms with Crippen molar-refractivity contribution >= 4 is 40.9 Å². The van der Waals surface area contributed by atoms with Crippen molar-refractivity contribution in [3.8, 4) is 0 Å². The monoisotopic (exact) mass is 296 g/mol. The summed E-state index contributed by atoms with van der Waals surface area (Å²) in [5.74, 6) is 0.0770. The maximum atomic E-state index is 12.1. The standard InChI is InChI=1S/C13H13ClN2O2S/c1-9(16-6-7-19-8-12(16)17)13(18)15-11-4-2-10(14)3-5-11/h2-7,9H,8H2,1H3,(H,15,18). The summed E-state index contributed by atoms with van der Waals surface area (Å²) in [6.07, 6.45) is 1.64. The lowest BCUT2D eigenvalue weighted by Gasteiger charge is -2.26. The minimum atomic E-state index is -0.541. The number of thioether (sulfide) groups is 1. The zero-order valence-corrected chi connectivity index (χ0v) is 11.9. The summed E-state index contributed by atoms with van der Waals surface area (Å²) < 4.78 is 0. The molecule has 0 fully saturated rings. The first-order valence-electron chi connectivity index (χ1n) is 5.74. The lowest BCUT2D eigenvalue weighted by molar-refractivity contribution is -0.133. The van der Waals surface area contributed by atoms with Crippen LogP contribution in [0.2, 0.25) is 5.02 Å². The molecular weight excluding hydrogens is 284 g/mol. The lowest BCUT2D eigenvalue weighted by Crippen LogP contribution is -2.44. The van der Waals surface area contributed by atoms with Gasteiger partial charge in [0.1, 0.15) is 6.04 Å². The summed E-state index contributed by atoms with van der Waals surface area (Å²) in [6.45, 7) is 1.70. The highest BCUT2D eigenvalue weighted by atomic mass is 35.5. The van der Waals surface area contributed by atoms with Crippen LogP contribution in [0.25, 0.3) is 0 Å². The quantitative estimate of drug-likeness (QED) is 0.933. The maximum Gasteiger partial charge on any atom is 0.247 e. The summed E-state index contributed by atoms with van der Waals surface area (Å²) in [6, 6.07) is 6.29. The third kappa shape index (κ3) is 3.52. The van der Waals surface area contributed by atoms with Gasteiger partial charge in [-0.2, -0.15) is 0 Å². The fourth-order valence-electron chi connectivity index (χ4n) is 1.64. The van der Waals surface area contributed by atoms with Gasteiger partial charge in [-0.3, -0.25) is 9.59 Å². The van der Waals surface area contributed by atoms with E-state index in [4.69, 9.17) is 11.6 Å². The predicted molar refractivity (Wildman–Crippen MR) is 78.0 cm³/mol. The Hall–Kier alpha value is -1.46. The van der Waals surface area contributed by atoms with Gasteiger partial charge in [-0.15, -0.1) is 11.8 Å². The number of anilines is 1. The number of rotatable bonds is 3. The average molecular weight is 297 g/mol. The molecule has 1 aliphatic rings. The second-order valence-corrected chi connectivity index (χ2v) is 5.40. The molecule has 1 aliphatic heterocycles. The van der Waals surface area contributed by atoms with Gasteiger partial charge >= 0.3 is 0 Å². The van der Waals surface area contributed by atoms with E-state index in [1.165, 1.54) is 16.7 Å². The maximum absolute atomic E-state index is 12.1. The van der Waals surface area contributed by atoms with Crippen LogP contribution in [0.3, 0.4) is 0 Å². The Labute approximate surface area is 120 Å². The van der Waals surface area contributed by atoms with Crippen molar-refractivity contribution in [1.29, 1.82) is 0 Å². The van der Waals surface area contributed by atoms with E-state index in [1.807, 2.05) is 5.41 Å². The Morgan fingerprint density at radius 3 is 2.74 bits per heavy atom. The largest absolute Gasteiger partial charge is 0.324 e. The smallest absolute Gasteiger partial charge is 0.247 e. The molecule has 1 unspecified atom stereocenters. The van der Waals surface area contributed by atoms with E-state index in [0.717, 1.165) is 0 Å². The van der Waals surface area contributed by atoms with Crippen molar-refractivity contribution in [1.82, 2.24) is 4.90 Å². The number of hydrogen-bond acceptors (Lipinski definition) is 3. The molecular formula is C13H13ClN2O2S. The SMILES string of the molecule is CC(C(=O)Nc1ccc(Cl)cc1)N1C=CSCC1=O.